The predicted molar refractivity (Wildman–Crippen MR) is 79.3 cm³/mol. The Morgan fingerprint density at radius 2 is 2.06 bits per heavy atom. The zero-order valence-corrected chi connectivity index (χ0v) is 12.5. The smallest absolute Gasteiger partial charge is 0.251 e. The van der Waals surface area contributed by atoms with Crippen LogP contribution in [-0.4, -0.2) is 37.0 Å². The van der Waals surface area contributed by atoms with Crippen molar-refractivity contribution in [3.63, 3.8) is 0 Å². The maximum Gasteiger partial charge on any atom is 0.251 e. The van der Waals surface area contributed by atoms with Crippen LogP contribution in [0.2, 0.25) is 0 Å². The first-order valence-electron chi connectivity index (χ1n) is 5.93. The van der Waals surface area contributed by atoms with Crippen LogP contribution in [-0.2, 0) is 0 Å². The number of likely N-dealkylation sites (N-methyl/N-ethyl adjacent to an activating group) is 1. The summed E-state index contributed by atoms with van der Waals surface area (Å²) in [6, 6.07) is 7.62. The van der Waals surface area contributed by atoms with Crippen LogP contribution in [0.4, 0.5) is 0 Å². The average Bonchev–Trinajstić information content (AvgIpc) is 2.34. The predicted octanol–water partition coefficient (Wildman–Crippen LogP) is 2.36. The summed E-state index contributed by atoms with van der Waals surface area (Å²) in [6.45, 7) is 7.91. The van der Waals surface area contributed by atoms with E-state index in [9.17, 15) is 4.79 Å². The van der Waals surface area contributed by atoms with Crippen LogP contribution in [0, 0.1) is 3.57 Å². The highest BCUT2D eigenvalue weighted by molar-refractivity contribution is 14.1. The number of amides is 1. The Labute approximate surface area is 117 Å². The molecule has 1 aromatic rings. The number of hydrogen-bond donors (Lipinski definition) is 1. The molecule has 0 aliphatic carbocycles. The summed E-state index contributed by atoms with van der Waals surface area (Å²) in [5.41, 5.74) is 0.733. The Bertz CT molecular complexity index is 364. The van der Waals surface area contributed by atoms with Crippen LogP contribution in [0.15, 0.2) is 24.3 Å². The third kappa shape index (κ3) is 5.04. The summed E-state index contributed by atoms with van der Waals surface area (Å²) < 4.78 is 1.08. The van der Waals surface area contributed by atoms with Gasteiger partial charge < -0.3 is 10.2 Å². The first kappa shape index (κ1) is 14.4. The molecule has 94 valence electrons. The highest BCUT2D eigenvalue weighted by Crippen LogP contribution is 2.07. The van der Waals surface area contributed by atoms with Crippen molar-refractivity contribution >= 4 is 28.5 Å². The van der Waals surface area contributed by atoms with Crippen LogP contribution in [0.5, 0.6) is 0 Å². The standard InChI is InChI=1S/C13H19IN2O/c1-3-16(4-2)9-8-15-13(17)11-6-5-7-12(14)10-11/h5-7,10H,3-4,8-9H2,1-2H3,(H,15,17). The molecule has 0 aliphatic rings. The van der Waals surface area contributed by atoms with E-state index >= 15 is 0 Å². The van der Waals surface area contributed by atoms with E-state index in [1.807, 2.05) is 24.3 Å². The van der Waals surface area contributed by atoms with Gasteiger partial charge in [-0.25, -0.2) is 0 Å². The van der Waals surface area contributed by atoms with Gasteiger partial charge in [0, 0.05) is 22.2 Å². The van der Waals surface area contributed by atoms with Crippen LogP contribution < -0.4 is 5.32 Å². The number of nitrogens with zero attached hydrogens (tertiary/aromatic N) is 1. The van der Waals surface area contributed by atoms with Gasteiger partial charge in [0.05, 0.1) is 0 Å². The number of carbonyl (C=O) groups is 1. The molecule has 0 atom stereocenters. The molecule has 0 saturated carbocycles. The Kier molecular flexibility index (Phi) is 6.50. The second kappa shape index (κ2) is 7.66. The van der Waals surface area contributed by atoms with Crippen molar-refractivity contribution < 1.29 is 4.79 Å². The molecular formula is C13H19IN2O. The molecule has 0 aromatic heterocycles. The van der Waals surface area contributed by atoms with Gasteiger partial charge in [0.2, 0.25) is 0 Å². The van der Waals surface area contributed by atoms with Crippen LogP contribution in [0.25, 0.3) is 0 Å². The Morgan fingerprint density at radius 3 is 2.65 bits per heavy atom. The Morgan fingerprint density at radius 1 is 1.35 bits per heavy atom. The van der Waals surface area contributed by atoms with E-state index in [1.165, 1.54) is 0 Å². The number of nitrogens with one attached hydrogen (secondary N) is 1. The number of rotatable bonds is 6. The van der Waals surface area contributed by atoms with Gasteiger partial charge in [-0.1, -0.05) is 19.9 Å². The zero-order valence-electron chi connectivity index (χ0n) is 10.4. The molecule has 0 radical (unpaired) electrons. The number of carbonyl (C=O) groups excluding carboxylic acids is 1. The van der Waals surface area contributed by atoms with Gasteiger partial charge >= 0.3 is 0 Å². The van der Waals surface area contributed by atoms with Crippen LogP contribution >= 0.6 is 22.6 Å². The second-order valence-electron chi connectivity index (χ2n) is 3.79. The molecule has 1 amide bonds. The first-order chi connectivity index (χ1) is 8.17. The van der Waals surface area contributed by atoms with E-state index < -0.39 is 0 Å². The van der Waals surface area contributed by atoms with Crippen molar-refractivity contribution in [2.45, 2.75) is 13.8 Å². The van der Waals surface area contributed by atoms with Gasteiger partial charge in [0.25, 0.3) is 5.91 Å². The SMILES string of the molecule is CCN(CC)CCNC(=O)c1cccc(I)c1. The lowest BCUT2D eigenvalue weighted by Gasteiger charge is -2.17. The summed E-state index contributed by atoms with van der Waals surface area (Å²) in [5.74, 6) is 0.00988. The Hall–Kier alpha value is -0.620. The second-order valence-corrected chi connectivity index (χ2v) is 5.04. The molecule has 4 heteroatoms. The van der Waals surface area contributed by atoms with Crippen molar-refractivity contribution in [2.24, 2.45) is 0 Å². The summed E-state index contributed by atoms with van der Waals surface area (Å²) in [7, 11) is 0. The van der Waals surface area contributed by atoms with E-state index in [0.29, 0.717) is 6.54 Å². The average molecular weight is 346 g/mol. The summed E-state index contributed by atoms with van der Waals surface area (Å²) in [5, 5.41) is 2.94. The van der Waals surface area contributed by atoms with E-state index in [0.717, 1.165) is 28.8 Å². The lowest BCUT2D eigenvalue weighted by molar-refractivity contribution is 0.0949. The number of halogens is 1. The minimum atomic E-state index is 0.00988. The van der Waals surface area contributed by atoms with Crippen molar-refractivity contribution in [1.82, 2.24) is 10.2 Å². The van der Waals surface area contributed by atoms with Crippen molar-refractivity contribution in [2.75, 3.05) is 26.2 Å². The van der Waals surface area contributed by atoms with Gasteiger partial charge in [-0.15, -0.1) is 0 Å². The quantitative estimate of drug-likeness (QED) is 0.802. The monoisotopic (exact) mass is 346 g/mol. The van der Waals surface area contributed by atoms with E-state index in [4.69, 9.17) is 0 Å². The van der Waals surface area contributed by atoms with Gasteiger partial charge in [-0.05, 0) is 53.9 Å². The fraction of sp³-hybridized carbons (Fsp3) is 0.462. The molecule has 1 N–H and O–H groups in total. The molecular weight excluding hydrogens is 327 g/mol. The third-order valence-electron chi connectivity index (χ3n) is 2.69. The lowest BCUT2D eigenvalue weighted by Crippen LogP contribution is -2.34. The minimum absolute atomic E-state index is 0.00988. The molecule has 1 rings (SSSR count). The van der Waals surface area contributed by atoms with Gasteiger partial charge in [0.1, 0.15) is 0 Å². The van der Waals surface area contributed by atoms with E-state index in [1.54, 1.807) is 0 Å². The molecule has 0 bridgehead atoms. The Balaban J connectivity index is 2.40. The summed E-state index contributed by atoms with van der Waals surface area (Å²) in [4.78, 5) is 14.1. The first-order valence-corrected chi connectivity index (χ1v) is 7.01. The van der Waals surface area contributed by atoms with E-state index in [2.05, 4.69) is 46.7 Å². The molecule has 0 aliphatic heterocycles. The maximum atomic E-state index is 11.8. The van der Waals surface area contributed by atoms with Gasteiger partial charge in [-0.2, -0.15) is 0 Å². The highest BCUT2D eigenvalue weighted by Gasteiger charge is 2.05. The van der Waals surface area contributed by atoms with Gasteiger partial charge in [-0.3, -0.25) is 4.79 Å². The van der Waals surface area contributed by atoms with Crippen molar-refractivity contribution in [1.29, 1.82) is 0 Å². The van der Waals surface area contributed by atoms with Crippen molar-refractivity contribution in [3.8, 4) is 0 Å². The van der Waals surface area contributed by atoms with Crippen LogP contribution in [0.3, 0.4) is 0 Å². The largest absolute Gasteiger partial charge is 0.351 e. The third-order valence-corrected chi connectivity index (χ3v) is 3.37. The minimum Gasteiger partial charge on any atom is -0.351 e. The molecule has 1 aromatic carbocycles. The summed E-state index contributed by atoms with van der Waals surface area (Å²) >= 11 is 2.21. The molecule has 0 fully saturated rings. The van der Waals surface area contributed by atoms with E-state index in [-0.39, 0.29) is 5.91 Å². The zero-order chi connectivity index (χ0) is 12.7. The fourth-order valence-corrected chi connectivity index (χ4v) is 2.14. The van der Waals surface area contributed by atoms with Gasteiger partial charge in [0.15, 0.2) is 0 Å². The molecule has 17 heavy (non-hydrogen) atoms. The lowest BCUT2D eigenvalue weighted by atomic mass is 10.2. The maximum absolute atomic E-state index is 11.8. The normalized spacial score (nSPS) is 10.6. The molecule has 0 unspecified atom stereocenters. The molecule has 3 nitrogen and oxygen atoms in total. The van der Waals surface area contributed by atoms with Crippen LogP contribution in [0.1, 0.15) is 24.2 Å². The topological polar surface area (TPSA) is 32.3 Å². The molecule has 0 spiro atoms. The highest BCUT2D eigenvalue weighted by atomic mass is 127. The summed E-state index contributed by atoms with van der Waals surface area (Å²) in [6.07, 6.45) is 0. The number of hydrogen-bond acceptors (Lipinski definition) is 2. The molecule has 0 saturated heterocycles. The fourth-order valence-electron chi connectivity index (χ4n) is 1.60. The number of benzene rings is 1. The van der Waals surface area contributed by atoms with Crippen molar-refractivity contribution in [3.05, 3.63) is 33.4 Å². The molecule has 0 heterocycles.